The van der Waals surface area contributed by atoms with Crippen molar-refractivity contribution in [3.63, 3.8) is 0 Å². The lowest BCUT2D eigenvalue weighted by molar-refractivity contribution is -0.122. The third-order valence-electron chi connectivity index (χ3n) is 3.05. The van der Waals surface area contributed by atoms with E-state index < -0.39 is 13.9 Å². The summed E-state index contributed by atoms with van der Waals surface area (Å²) < 4.78 is 35.7. The molecule has 0 saturated heterocycles. The van der Waals surface area contributed by atoms with Crippen LogP contribution in [0, 0.1) is 0 Å². The molecule has 0 fully saturated rings. The molecule has 130 valence electrons. The highest BCUT2D eigenvalue weighted by Crippen LogP contribution is 2.49. The smallest absolute Gasteiger partial charge is 0.416 e. The molecule has 0 aliphatic carbocycles. The van der Waals surface area contributed by atoms with Crippen molar-refractivity contribution in [1.29, 1.82) is 0 Å². The molecule has 0 atom stereocenters. The van der Waals surface area contributed by atoms with Crippen LogP contribution in [0.1, 0.15) is 13.8 Å². The Bertz CT molecular complexity index is 581. The van der Waals surface area contributed by atoms with Crippen LogP contribution in [0.4, 0.5) is 0 Å². The minimum atomic E-state index is -3.53. The fourth-order valence-corrected chi connectivity index (χ4v) is 3.73. The summed E-state index contributed by atoms with van der Waals surface area (Å²) in [6, 6.07) is 17.9. The SMILES string of the molecule is CCOC(CP(=O)(Oc1ccccc1)Oc1ccccc1)OCC. The second-order valence-electron chi connectivity index (χ2n) is 4.94. The van der Waals surface area contributed by atoms with Crippen LogP contribution in [0.15, 0.2) is 60.7 Å². The predicted molar refractivity (Wildman–Crippen MR) is 93.7 cm³/mol. The molecule has 0 heterocycles. The number of hydrogen-bond donors (Lipinski definition) is 0. The third-order valence-corrected chi connectivity index (χ3v) is 4.78. The zero-order valence-corrected chi connectivity index (χ0v) is 14.9. The van der Waals surface area contributed by atoms with Crippen LogP contribution in [-0.2, 0) is 14.0 Å². The average Bonchev–Trinajstić information content (AvgIpc) is 2.57. The quantitative estimate of drug-likeness (QED) is 0.458. The van der Waals surface area contributed by atoms with E-state index in [2.05, 4.69) is 0 Å². The average molecular weight is 350 g/mol. The first kappa shape index (κ1) is 18.5. The molecule has 2 rings (SSSR count). The molecule has 0 unspecified atom stereocenters. The maximum atomic E-state index is 13.3. The summed E-state index contributed by atoms with van der Waals surface area (Å²) in [5.41, 5.74) is 0. The fourth-order valence-electron chi connectivity index (χ4n) is 2.08. The van der Waals surface area contributed by atoms with Gasteiger partial charge in [0.05, 0.1) is 0 Å². The van der Waals surface area contributed by atoms with Gasteiger partial charge in [0, 0.05) is 13.2 Å². The van der Waals surface area contributed by atoms with Crippen molar-refractivity contribution in [2.24, 2.45) is 0 Å². The minimum absolute atomic E-state index is 0.00152. The largest absolute Gasteiger partial charge is 0.435 e. The molecule has 0 aliphatic rings. The van der Waals surface area contributed by atoms with Crippen molar-refractivity contribution in [2.45, 2.75) is 20.1 Å². The summed E-state index contributed by atoms with van der Waals surface area (Å²) >= 11 is 0. The highest BCUT2D eigenvalue weighted by Gasteiger charge is 2.33. The topological polar surface area (TPSA) is 54.0 Å². The standard InChI is InChI=1S/C18H23O5P/c1-3-20-18(21-4-2)15-24(19,22-16-11-7-5-8-12-16)23-17-13-9-6-10-14-17/h5-14,18H,3-4,15H2,1-2H3. The van der Waals surface area contributed by atoms with Gasteiger partial charge in [-0.3, -0.25) is 0 Å². The number of para-hydroxylation sites is 2. The fraction of sp³-hybridized carbons (Fsp3) is 0.333. The first-order valence-corrected chi connectivity index (χ1v) is 9.69. The molecule has 0 amide bonds. The number of rotatable bonds is 10. The molecule has 2 aromatic rings. The minimum Gasteiger partial charge on any atom is -0.416 e. The molecule has 0 saturated carbocycles. The summed E-state index contributed by atoms with van der Waals surface area (Å²) in [5, 5.41) is 0. The van der Waals surface area contributed by atoms with Gasteiger partial charge in [-0.15, -0.1) is 0 Å². The van der Waals surface area contributed by atoms with Crippen molar-refractivity contribution >= 4 is 7.60 Å². The first-order valence-electron chi connectivity index (χ1n) is 7.96. The second-order valence-corrected chi connectivity index (χ2v) is 6.89. The van der Waals surface area contributed by atoms with Crippen LogP contribution in [0.3, 0.4) is 0 Å². The van der Waals surface area contributed by atoms with Crippen LogP contribution in [0.5, 0.6) is 11.5 Å². The Balaban J connectivity index is 2.20. The normalized spacial score (nSPS) is 11.5. The van der Waals surface area contributed by atoms with Crippen molar-refractivity contribution < 1.29 is 23.1 Å². The Kier molecular flexibility index (Phi) is 7.32. The highest BCUT2D eigenvalue weighted by atomic mass is 31.2. The van der Waals surface area contributed by atoms with Gasteiger partial charge in [0.25, 0.3) is 0 Å². The zero-order valence-electron chi connectivity index (χ0n) is 14.0. The third kappa shape index (κ3) is 6.00. The van der Waals surface area contributed by atoms with Gasteiger partial charge in [-0.05, 0) is 38.1 Å². The molecule has 0 aliphatic heterocycles. The molecule has 24 heavy (non-hydrogen) atoms. The molecule has 0 radical (unpaired) electrons. The van der Waals surface area contributed by atoms with Crippen LogP contribution >= 0.6 is 7.60 Å². The second kappa shape index (κ2) is 9.48. The van der Waals surface area contributed by atoms with E-state index in [1.165, 1.54) is 0 Å². The highest BCUT2D eigenvalue weighted by molar-refractivity contribution is 7.54. The van der Waals surface area contributed by atoms with E-state index in [9.17, 15) is 4.57 Å². The summed E-state index contributed by atoms with van der Waals surface area (Å²) in [7, 11) is -3.53. The monoisotopic (exact) mass is 350 g/mol. The zero-order chi connectivity index (χ0) is 17.3. The number of hydrogen-bond acceptors (Lipinski definition) is 5. The summed E-state index contributed by atoms with van der Waals surface area (Å²) in [6.45, 7) is 4.60. The van der Waals surface area contributed by atoms with E-state index >= 15 is 0 Å². The van der Waals surface area contributed by atoms with Crippen LogP contribution in [0.2, 0.25) is 0 Å². The van der Waals surface area contributed by atoms with Gasteiger partial charge in [0.15, 0.2) is 6.29 Å². The Morgan fingerprint density at radius 3 is 1.58 bits per heavy atom. The van der Waals surface area contributed by atoms with Gasteiger partial charge in [-0.1, -0.05) is 36.4 Å². The van der Waals surface area contributed by atoms with E-state index in [0.29, 0.717) is 24.7 Å². The van der Waals surface area contributed by atoms with Crippen molar-refractivity contribution in [3.05, 3.63) is 60.7 Å². The van der Waals surface area contributed by atoms with Crippen LogP contribution in [0.25, 0.3) is 0 Å². The van der Waals surface area contributed by atoms with Gasteiger partial charge in [-0.2, -0.15) is 0 Å². The molecule has 0 aromatic heterocycles. The van der Waals surface area contributed by atoms with Crippen molar-refractivity contribution in [2.75, 3.05) is 19.4 Å². The summed E-state index contributed by atoms with van der Waals surface area (Å²) in [6.07, 6.45) is -0.656. The Morgan fingerprint density at radius 2 is 1.21 bits per heavy atom. The van der Waals surface area contributed by atoms with Gasteiger partial charge in [0.1, 0.15) is 17.7 Å². The molecule has 0 N–H and O–H groups in total. The number of benzene rings is 2. The van der Waals surface area contributed by atoms with Crippen LogP contribution < -0.4 is 9.05 Å². The van der Waals surface area contributed by atoms with Crippen LogP contribution in [-0.4, -0.2) is 25.7 Å². The van der Waals surface area contributed by atoms with E-state index in [1.807, 2.05) is 50.2 Å². The van der Waals surface area contributed by atoms with E-state index in [0.717, 1.165) is 0 Å². The van der Waals surface area contributed by atoms with Gasteiger partial charge >= 0.3 is 7.60 Å². The first-order chi connectivity index (χ1) is 11.6. The molecule has 0 spiro atoms. The number of ether oxygens (including phenoxy) is 2. The summed E-state index contributed by atoms with van der Waals surface area (Å²) in [5.74, 6) is 0.951. The molecule has 6 heteroatoms. The Hall–Kier alpha value is -1.81. The molecular formula is C18H23O5P. The van der Waals surface area contributed by atoms with Gasteiger partial charge < -0.3 is 18.5 Å². The maximum absolute atomic E-state index is 13.3. The lowest BCUT2D eigenvalue weighted by atomic mass is 10.3. The lowest BCUT2D eigenvalue weighted by Crippen LogP contribution is -2.24. The molecule has 2 aromatic carbocycles. The van der Waals surface area contributed by atoms with E-state index in [1.54, 1.807) is 24.3 Å². The maximum Gasteiger partial charge on any atom is 0.435 e. The van der Waals surface area contributed by atoms with Crippen molar-refractivity contribution in [3.8, 4) is 11.5 Å². The Morgan fingerprint density at radius 1 is 0.792 bits per heavy atom. The molecule has 0 bridgehead atoms. The van der Waals surface area contributed by atoms with E-state index in [4.69, 9.17) is 18.5 Å². The molecular weight excluding hydrogens is 327 g/mol. The predicted octanol–water partition coefficient (Wildman–Crippen LogP) is 4.74. The summed E-state index contributed by atoms with van der Waals surface area (Å²) in [4.78, 5) is 0. The van der Waals surface area contributed by atoms with E-state index in [-0.39, 0.29) is 6.16 Å². The lowest BCUT2D eigenvalue weighted by Gasteiger charge is -2.24. The van der Waals surface area contributed by atoms with Crippen molar-refractivity contribution in [1.82, 2.24) is 0 Å². The Labute approximate surface area is 143 Å². The molecule has 5 nitrogen and oxygen atoms in total. The van der Waals surface area contributed by atoms with Gasteiger partial charge in [0.2, 0.25) is 0 Å². The van der Waals surface area contributed by atoms with Gasteiger partial charge in [-0.25, -0.2) is 4.57 Å².